The molecule has 2 heterocycles. The minimum Gasteiger partial charge on any atom is -1.00 e. The third kappa shape index (κ3) is 2.49. The van der Waals surface area contributed by atoms with Gasteiger partial charge in [-0.05, 0) is 18.6 Å². The Morgan fingerprint density at radius 3 is 2.88 bits per heavy atom. The van der Waals surface area contributed by atoms with Gasteiger partial charge in [-0.2, -0.15) is 0 Å². The summed E-state index contributed by atoms with van der Waals surface area (Å²) < 4.78 is 14.1. The zero-order chi connectivity index (χ0) is 15.5. The predicted octanol–water partition coefficient (Wildman–Crippen LogP) is -0.572. The first-order valence-electron chi connectivity index (χ1n) is 7.86. The summed E-state index contributed by atoms with van der Waals surface area (Å²) in [5.74, 6) is 1.66. The average molecular weight is 396 g/mol. The molecule has 2 unspecified atom stereocenters. The molecule has 0 saturated carbocycles. The van der Waals surface area contributed by atoms with E-state index >= 15 is 0 Å². The molecule has 0 amide bonds. The molecular formula is C19H26BrNO3. The Balaban J connectivity index is 0.00000104. The fourth-order valence-corrected chi connectivity index (χ4v) is 4.13. The summed E-state index contributed by atoms with van der Waals surface area (Å²) >= 11 is 0. The first kappa shape index (κ1) is 19.0. The lowest BCUT2D eigenvalue weighted by Crippen LogP contribution is -3.00. The lowest BCUT2D eigenvalue weighted by atomic mass is 9.68. The molecule has 5 heteroatoms. The second-order valence-electron chi connectivity index (χ2n) is 6.68. The number of halogens is 1. The Kier molecular flexibility index (Phi) is 5.17. The van der Waals surface area contributed by atoms with Crippen LogP contribution < -0.4 is 26.5 Å². The maximum Gasteiger partial charge on any atom is 0.171 e. The van der Waals surface area contributed by atoms with Gasteiger partial charge in [-0.15, -0.1) is 0 Å². The van der Waals surface area contributed by atoms with Crippen molar-refractivity contribution in [2.24, 2.45) is 0 Å². The minimum absolute atomic E-state index is 0. The molecule has 2 aliphatic heterocycles. The van der Waals surface area contributed by atoms with Gasteiger partial charge in [0.15, 0.2) is 17.7 Å². The largest absolute Gasteiger partial charge is 1.00 e. The van der Waals surface area contributed by atoms with Crippen molar-refractivity contribution in [1.29, 1.82) is 0 Å². The van der Waals surface area contributed by atoms with Gasteiger partial charge in [0.25, 0.3) is 0 Å². The van der Waals surface area contributed by atoms with E-state index in [-0.39, 0.29) is 35.9 Å². The molecule has 0 saturated heterocycles. The van der Waals surface area contributed by atoms with Crippen molar-refractivity contribution in [1.82, 2.24) is 0 Å². The quantitative estimate of drug-likeness (QED) is 0.511. The van der Waals surface area contributed by atoms with Crippen molar-refractivity contribution in [2.45, 2.75) is 44.8 Å². The molecule has 0 aromatic heterocycles. The van der Waals surface area contributed by atoms with Crippen molar-refractivity contribution in [3.8, 4) is 11.5 Å². The van der Waals surface area contributed by atoms with Crippen LogP contribution in [0.15, 0.2) is 18.2 Å². The number of ether oxygens (including phenoxy) is 2. The van der Waals surface area contributed by atoms with Crippen LogP contribution in [-0.2, 0) is 5.41 Å². The van der Waals surface area contributed by atoms with Gasteiger partial charge >= 0.3 is 0 Å². The van der Waals surface area contributed by atoms with Gasteiger partial charge in [-0.1, -0.05) is 19.6 Å². The zero-order valence-corrected chi connectivity index (χ0v) is 15.3. The van der Waals surface area contributed by atoms with Gasteiger partial charge in [0.05, 0.1) is 18.6 Å². The summed E-state index contributed by atoms with van der Waals surface area (Å²) in [4.78, 5) is 0. The van der Waals surface area contributed by atoms with E-state index in [9.17, 15) is 5.11 Å². The maximum atomic E-state index is 10.0. The lowest BCUT2D eigenvalue weighted by molar-refractivity contribution is -0.493. The molecule has 1 spiro atoms. The lowest BCUT2D eigenvalue weighted by Gasteiger charge is -2.34. The van der Waals surface area contributed by atoms with Crippen molar-refractivity contribution in [3.63, 3.8) is 0 Å². The summed E-state index contributed by atoms with van der Waals surface area (Å²) in [5.41, 5.74) is 3.53. The van der Waals surface area contributed by atoms with Crippen LogP contribution in [0.3, 0.4) is 0 Å². The molecule has 3 atom stereocenters. The Hall–Kier alpha value is -1.33. The predicted molar refractivity (Wildman–Crippen MR) is 91.2 cm³/mol. The van der Waals surface area contributed by atoms with Gasteiger partial charge in [0.1, 0.15) is 19.7 Å². The molecule has 0 bridgehead atoms. The number of benzene rings is 1. The molecule has 1 aromatic carbocycles. The van der Waals surface area contributed by atoms with E-state index in [0.717, 1.165) is 24.5 Å². The van der Waals surface area contributed by atoms with Crippen LogP contribution in [0.2, 0.25) is 0 Å². The fraction of sp³-hybridized carbons (Fsp3) is 0.526. The van der Waals surface area contributed by atoms with Crippen molar-refractivity contribution in [3.05, 3.63) is 34.9 Å². The number of nitrogens with zero attached hydrogens (tertiary/aromatic N) is 1. The van der Waals surface area contributed by atoms with E-state index in [0.29, 0.717) is 6.42 Å². The highest BCUT2D eigenvalue weighted by Crippen LogP contribution is 2.55. The number of hydrogen-bond donors (Lipinski definition) is 1. The van der Waals surface area contributed by atoms with Crippen LogP contribution in [0.1, 0.15) is 37.0 Å². The van der Waals surface area contributed by atoms with Gasteiger partial charge in [-0.25, -0.2) is 4.58 Å². The van der Waals surface area contributed by atoms with E-state index in [1.807, 2.05) is 6.08 Å². The van der Waals surface area contributed by atoms with E-state index in [4.69, 9.17) is 9.47 Å². The molecular weight excluding hydrogens is 370 g/mol. The molecule has 0 fully saturated rings. The number of hydrogen-bond acceptors (Lipinski definition) is 3. The average Bonchev–Trinajstić information content (AvgIpc) is 2.74. The highest BCUT2D eigenvalue weighted by Gasteiger charge is 2.53. The van der Waals surface area contributed by atoms with Crippen LogP contribution in [0, 0.1) is 6.92 Å². The third-order valence-corrected chi connectivity index (χ3v) is 5.31. The Labute approximate surface area is 154 Å². The first-order chi connectivity index (χ1) is 10.5. The third-order valence-electron chi connectivity index (χ3n) is 5.31. The molecule has 0 radical (unpaired) electrons. The number of aliphatic hydroxyl groups is 1. The standard InChI is InChI=1S/C18H22NO3.CH4.BrH/c1-11-8-14(21-3)17-16-13(11)10-19(2)7-6-18(16)5-4-12(20)9-15(18)22-17;;/h4-5,8,10,12,15,20H,6-7,9H2,1-3H3;1H4;1H/q+1;;/p-1/t12-,15?,18?;;/m0../s1. The second kappa shape index (κ2) is 6.52. The smallest absolute Gasteiger partial charge is 0.171 e. The van der Waals surface area contributed by atoms with E-state index in [2.05, 4.69) is 36.9 Å². The number of aryl methyl sites for hydroxylation is 1. The SMILES string of the molecule is C.COc1cc(C)c2c3c1OC1C[C@@H](O)C=CC31CC[N+](C)=C2.[Br-]. The van der Waals surface area contributed by atoms with E-state index in [1.165, 1.54) is 16.7 Å². The van der Waals surface area contributed by atoms with Crippen LogP contribution in [0.25, 0.3) is 0 Å². The summed E-state index contributed by atoms with van der Waals surface area (Å²) in [6.07, 6.45) is 7.50. The highest BCUT2D eigenvalue weighted by atomic mass is 79.9. The monoisotopic (exact) mass is 395 g/mol. The summed E-state index contributed by atoms with van der Waals surface area (Å²) in [7, 11) is 3.80. The summed E-state index contributed by atoms with van der Waals surface area (Å²) in [6, 6.07) is 2.05. The summed E-state index contributed by atoms with van der Waals surface area (Å²) in [5, 5.41) is 10.0. The molecule has 132 valence electrons. The fourth-order valence-electron chi connectivity index (χ4n) is 4.13. The minimum atomic E-state index is -0.426. The number of aliphatic hydroxyl groups excluding tert-OH is 1. The zero-order valence-electron chi connectivity index (χ0n) is 13.7. The van der Waals surface area contributed by atoms with Gasteiger partial charge in [0, 0.05) is 24.0 Å². The van der Waals surface area contributed by atoms with E-state index in [1.54, 1.807) is 7.11 Å². The van der Waals surface area contributed by atoms with Crippen molar-refractivity contribution >= 4 is 6.21 Å². The Morgan fingerprint density at radius 2 is 2.17 bits per heavy atom. The van der Waals surface area contributed by atoms with Gasteiger partial charge in [-0.3, -0.25) is 0 Å². The van der Waals surface area contributed by atoms with Crippen molar-refractivity contribution in [2.75, 3.05) is 20.7 Å². The molecule has 4 nitrogen and oxygen atoms in total. The van der Waals surface area contributed by atoms with E-state index < -0.39 is 6.10 Å². The van der Waals surface area contributed by atoms with Crippen LogP contribution in [0.5, 0.6) is 11.5 Å². The molecule has 3 aliphatic rings. The number of rotatable bonds is 1. The van der Waals surface area contributed by atoms with Crippen LogP contribution in [0.4, 0.5) is 0 Å². The number of methoxy groups -OCH3 is 1. The topological polar surface area (TPSA) is 41.7 Å². The van der Waals surface area contributed by atoms with Gasteiger partial charge < -0.3 is 31.6 Å². The molecule has 4 rings (SSSR count). The van der Waals surface area contributed by atoms with Crippen molar-refractivity contribution < 1.29 is 36.1 Å². The Morgan fingerprint density at radius 1 is 1.42 bits per heavy atom. The second-order valence-corrected chi connectivity index (χ2v) is 6.68. The molecule has 1 N–H and O–H groups in total. The van der Waals surface area contributed by atoms with Crippen LogP contribution in [-0.4, -0.2) is 48.8 Å². The highest BCUT2D eigenvalue weighted by molar-refractivity contribution is 5.85. The maximum absolute atomic E-state index is 10.0. The first-order valence-corrected chi connectivity index (χ1v) is 7.86. The van der Waals surface area contributed by atoms with Gasteiger partial charge in [0.2, 0.25) is 0 Å². The Bertz CT molecular complexity index is 713. The molecule has 1 aromatic rings. The molecule has 1 aliphatic carbocycles. The summed E-state index contributed by atoms with van der Waals surface area (Å²) in [6.45, 7) is 3.09. The normalized spacial score (nSPS) is 29.1. The van der Waals surface area contributed by atoms with Crippen LogP contribution >= 0.6 is 0 Å². The molecule has 24 heavy (non-hydrogen) atoms.